The quantitative estimate of drug-likeness (QED) is 0.579. The Morgan fingerprint density at radius 2 is 2.00 bits per heavy atom. The van der Waals surface area contributed by atoms with Crippen LogP contribution in [0.4, 0.5) is 5.69 Å². The number of benzene rings is 1. The molecule has 0 fully saturated rings. The zero-order chi connectivity index (χ0) is 16.1. The van der Waals surface area contributed by atoms with E-state index < -0.39 is 0 Å². The lowest BCUT2D eigenvalue weighted by molar-refractivity contribution is 0.552. The SMILES string of the molecule is CCc1csc(Cc2cc(C)c(N=CN(C)CC)cc2C)n1. The Kier molecular flexibility index (Phi) is 5.72. The molecular formula is C18H25N3S. The predicted octanol–water partition coefficient (Wildman–Crippen LogP) is 4.52. The van der Waals surface area contributed by atoms with Crippen molar-refractivity contribution in [2.75, 3.05) is 13.6 Å². The first-order valence-electron chi connectivity index (χ1n) is 7.81. The Morgan fingerprint density at radius 1 is 1.23 bits per heavy atom. The minimum absolute atomic E-state index is 0.913. The fraction of sp³-hybridized carbons (Fsp3) is 0.444. The first kappa shape index (κ1) is 16.7. The molecule has 0 atom stereocenters. The smallest absolute Gasteiger partial charge is 0.0972 e. The molecule has 2 aromatic rings. The number of hydrogen-bond donors (Lipinski definition) is 0. The number of nitrogens with zero attached hydrogens (tertiary/aromatic N) is 3. The van der Waals surface area contributed by atoms with Crippen LogP contribution in [0.2, 0.25) is 0 Å². The van der Waals surface area contributed by atoms with Crippen molar-refractivity contribution in [2.24, 2.45) is 4.99 Å². The topological polar surface area (TPSA) is 28.5 Å². The monoisotopic (exact) mass is 315 g/mol. The maximum absolute atomic E-state index is 4.67. The second kappa shape index (κ2) is 7.54. The standard InChI is InChI=1S/C18H25N3S/c1-6-16-11-22-18(20-16)10-15-8-14(4)17(9-13(15)3)19-12-21(5)7-2/h8-9,11-12H,6-7,10H2,1-5H3. The minimum atomic E-state index is 0.913. The summed E-state index contributed by atoms with van der Waals surface area (Å²) >= 11 is 1.76. The molecule has 1 aromatic heterocycles. The van der Waals surface area contributed by atoms with Crippen molar-refractivity contribution in [1.82, 2.24) is 9.88 Å². The van der Waals surface area contributed by atoms with E-state index in [-0.39, 0.29) is 0 Å². The molecule has 4 heteroatoms. The Hall–Kier alpha value is -1.68. The van der Waals surface area contributed by atoms with Crippen molar-refractivity contribution in [3.8, 4) is 0 Å². The summed E-state index contributed by atoms with van der Waals surface area (Å²) in [6.45, 7) is 9.51. The van der Waals surface area contributed by atoms with Gasteiger partial charge in [-0.25, -0.2) is 9.98 Å². The molecule has 118 valence electrons. The van der Waals surface area contributed by atoms with Crippen LogP contribution in [-0.2, 0) is 12.8 Å². The van der Waals surface area contributed by atoms with Gasteiger partial charge in [-0.2, -0.15) is 0 Å². The van der Waals surface area contributed by atoms with E-state index in [9.17, 15) is 0 Å². The molecule has 0 N–H and O–H groups in total. The van der Waals surface area contributed by atoms with Gasteiger partial charge in [0.1, 0.15) is 0 Å². The molecule has 0 bridgehead atoms. The summed E-state index contributed by atoms with van der Waals surface area (Å²) in [5.74, 6) is 0. The molecule has 1 aromatic carbocycles. The van der Waals surface area contributed by atoms with Crippen molar-refractivity contribution >= 4 is 23.4 Å². The molecule has 0 saturated heterocycles. The van der Waals surface area contributed by atoms with Crippen molar-refractivity contribution in [1.29, 1.82) is 0 Å². The van der Waals surface area contributed by atoms with Crippen molar-refractivity contribution in [3.05, 3.63) is 44.9 Å². The first-order valence-corrected chi connectivity index (χ1v) is 8.69. The normalized spacial score (nSPS) is 11.3. The van der Waals surface area contributed by atoms with Crippen LogP contribution in [0.5, 0.6) is 0 Å². The van der Waals surface area contributed by atoms with Crippen LogP contribution in [0, 0.1) is 13.8 Å². The van der Waals surface area contributed by atoms with Gasteiger partial charge in [-0.3, -0.25) is 0 Å². The second-order valence-corrected chi connectivity index (χ2v) is 6.59. The third-order valence-corrected chi connectivity index (χ3v) is 4.75. The molecule has 22 heavy (non-hydrogen) atoms. The van der Waals surface area contributed by atoms with E-state index in [1.807, 2.05) is 13.4 Å². The van der Waals surface area contributed by atoms with E-state index in [1.54, 1.807) is 11.3 Å². The summed E-state index contributed by atoms with van der Waals surface area (Å²) < 4.78 is 0. The fourth-order valence-corrected chi connectivity index (χ4v) is 3.09. The van der Waals surface area contributed by atoms with Crippen LogP contribution < -0.4 is 0 Å². The van der Waals surface area contributed by atoms with Crippen LogP contribution in [0.25, 0.3) is 0 Å². The highest BCUT2D eigenvalue weighted by Gasteiger charge is 2.08. The van der Waals surface area contributed by atoms with Gasteiger partial charge in [0.2, 0.25) is 0 Å². The van der Waals surface area contributed by atoms with E-state index >= 15 is 0 Å². The lowest BCUT2D eigenvalue weighted by Crippen LogP contribution is -2.14. The molecular weight excluding hydrogens is 290 g/mol. The van der Waals surface area contributed by atoms with Gasteiger partial charge in [0.15, 0.2) is 0 Å². The lowest BCUT2D eigenvalue weighted by Gasteiger charge is -2.11. The molecule has 0 aliphatic heterocycles. The van der Waals surface area contributed by atoms with Gasteiger partial charge in [-0.05, 0) is 49.9 Å². The van der Waals surface area contributed by atoms with Crippen LogP contribution in [0.1, 0.15) is 41.2 Å². The molecule has 0 spiro atoms. The molecule has 2 rings (SSSR count). The van der Waals surface area contributed by atoms with Crippen molar-refractivity contribution in [3.63, 3.8) is 0 Å². The summed E-state index contributed by atoms with van der Waals surface area (Å²) in [5.41, 5.74) is 6.09. The predicted molar refractivity (Wildman–Crippen MR) is 96.7 cm³/mol. The van der Waals surface area contributed by atoms with E-state index in [4.69, 9.17) is 0 Å². The summed E-state index contributed by atoms with van der Waals surface area (Å²) in [5, 5.41) is 3.36. The highest BCUT2D eigenvalue weighted by molar-refractivity contribution is 7.09. The number of aromatic nitrogens is 1. The maximum Gasteiger partial charge on any atom is 0.0972 e. The summed E-state index contributed by atoms with van der Waals surface area (Å²) in [7, 11) is 2.04. The Balaban J connectivity index is 2.20. The van der Waals surface area contributed by atoms with Gasteiger partial charge in [-0.1, -0.05) is 13.0 Å². The van der Waals surface area contributed by atoms with E-state index in [0.717, 1.165) is 25.1 Å². The van der Waals surface area contributed by atoms with Gasteiger partial charge in [0.25, 0.3) is 0 Å². The van der Waals surface area contributed by atoms with Crippen LogP contribution in [0.15, 0.2) is 22.5 Å². The van der Waals surface area contributed by atoms with Crippen LogP contribution in [-0.4, -0.2) is 29.8 Å². The van der Waals surface area contributed by atoms with Crippen molar-refractivity contribution in [2.45, 2.75) is 40.5 Å². The molecule has 0 unspecified atom stereocenters. The second-order valence-electron chi connectivity index (χ2n) is 5.65. The van der Waals surface area contributed by atoms with Crippen molar-refractivity contribution < 1.29 is 0 Å². The highest BCUT2D eigenvalue weighted by atomic mass is 32.1. The van der Waals surface area contributed by atoms with Gasteiger partial charge < -0.3 is 4.90 Å². The van der Waals surface area contributed by atoms with E-state index in [0.29, 0.717) is 0 Å². The van der Waals surface area contributed by atoms with E-state index in [1.165, 1.54) is 27.4 Å². The Labute approximate surface area is 137 Å². The lowest BCUT2D eigenvalue weighted by atomic mass is 10.0. The van der Waals surface area contributed by atoms with Gasteiger partial charge in [0, 0.05) is 25.4 Å². The summed E-state index contributed by atoms with van der Waals surface area (Å²) in [6, 6.07) is 4.43. The molecule has 0 aliphatic carbocycles. The Morgan fingerprint density at radius 3 is 2.64 bits per heavy atom. The Bertz CT molecular complexity index is 658. The third kappa shape index (κ3) is 4.17. The van der Waals surface area contributed by atoms with Gasteiger partial charge in [0.05, 0.1) is 22.7 Å². The number of hydrogen-bond acceptors (Lipinski definition) is 3. The van der Waals surface area contributed by atoms with Gasteiger partial charge >= 0.3 is 0 Å². The maximum atomic E-state index is 4.67. The first-order chi connectivity index (χ1) is 10.5. The number of rotatable bonds is 6. The number of aliphatic imine (C=N–C) groups is 1. The zero-order valence-electron chi connectivity index (χ0n) is 14.2. The fourth-order valence-electron chi connectivity index (χ4n) is 2.19. The molecule has 1 heterocycles. The van der Waals surface area contributed by atoms with E-state index in [2.05, 4.69) is 60.1 Å². The molecule has 0 saturated carbocycles. The van der Waals surface area contributed by atoms with Crippen LogP contribution in [0.3, 0.4) is 0 Å². The van der Waals surface area contributed by atoms with Crippen LogP contribution >= 0.6 is 11.3 Å². The molecule has 3 nitrogen and oxygen atoms in total. The molecule has 0 amide bonds. The molecule has 0 aliphatic rings. The summed E-state index contributed by atoms with van der Waals surface area (Å²) in [4.78, 5) is 11.3. The number of aryl methyl sites for hydroxylation is 3. The average Bonchev–Trinajstić information content (AvgIpc) is 2.96. The summed E-state index contributed by atoms with van der Waals surface area (Å²) in [6.07, 6.45) is 3.82. The minimum Gasteiger partial charge on any atom is -0.366 e. The average molecular weight is 315 g/mol. The van der Waals surface area contributed by atoms with Gasteiger partial charge in [-0.15, -0.1) is 11.3 Å². The molecule has 0 radical (unpaired) electrons. The largest absolute Gasteiger partial charge is 0.366 e. The zero-order valence-corrected chi connectivity index (χ0v) is 15.0. The number of thiazole rings is 1. The third-order valence-electron chi connectivity index (χ3n) is 3.85. The highest BCUT2D eigenvalue weighted by Crippen LogP contribution is 2.25.